The molecule has 124 valence electrons. The number of carbonyl (C=O) groups excluding carboxylic acids is 2. The molecule has 0 unspecified atom stereocenters. The molecule has 0 spiro atoms. The highest BCUT2D eigenvalue weighted by Gasteiger charge is 2.33. The van der Waals surface area contributed by atoms with Crippen LogP contribution in [-0.4, -0.2) is 44.6 Å². The molecule has 0 aromatic heterocycles. The minimum absolute atomic E-state index is 0.0129. The quantitative estimate of drug-likeness (QED) is 0.770. The first-order valence-electron chi connectivity index (χ1n) is 6.33. The highest BCUT2D eigenvalue weighted by atomic mass is 79.9. The summed E-state index contributed by atoms with van der Waals surface area (Å²) in [5, 5.41) is 10.6. The number of methoxy groups -OCH3 is 2. The highest BCUT2D eigenvalue weighted by molar-refractivity contribution is 9.10. The van der Waals surface area contributed by atoms with Gasteiger partial charge in [-0.25, -0.2) is 9.59 Å². The summed E-state index contributed by atoms with van der Waals surface area (Å²) >= 11 is 9.17. The van der Waals surface area contributed by atoms with Crippen molar-refractivity contribution in [2.45, 2.75) is 0 Å². The number of halogens is 2. The van der Waals surface area contributed by atoms with Crippen LogP contribution in [0.2, 0.25) is 5.02 Å². The van der Waals surface area contributed by atoms with Gasteiger partial charge < -0.3 is 24.2 Å². The van der Waals surface area contributed by atoms with Crippen LogP contribution in [0.5, 0.6) is 5.75 Å². The number of anilines is 1. The Morgan fingerprint density at radius 3 is 2.57 bits per heavy atom. The van der Waals surface area contributed by atoms with Gasteiger partial charge in [-0.15, -0.1) is 0 Å². The molecule has 1 aliphatic heterocycles. The van der Waals surface area contributed by atoms with Crippen LogP contribution in [0.4, 0.5) is 5.69 Å². The molecule has 9 heteroatoms. The number of phenols is 1. The lowest BCUT2D eigenvalue weighted by Gasteiger charge is -2.31. The molecule has 0 radical (unpaired) electrons. The minimum atomic E-state index is -0.760. The monoisotopic (exact) mass is 405 g/mol. The Balaban J connectivity index is 2.65. The molecule has 1 heterocycles. The van der Waals surface area contributed by atoms with Crippen LogP contribution in [0, 0.1) is 0 Å². The molecule has 1 N–H and O–H groups in total. The van der Waals surface area contributed by atoms with E-state index in [0.29, 0.717) is 9.50 Å². The van der Waals surface area contributed by atoms with Gasteiger partial charge in [-0.3, -0.25) is 0 Å². The summed E-state index contributed by atoms with van der Waals surface area (Å²) < 4.78 is 15.1. The lowest BCUT2D eigenvalue weighted by molar-refractivity contribution is -0.140. The van der Waals surface area contributed by atoms with Crippen molar-refractivity contribution in [3.05, 3.63) is 32.9 Å². The lowest BCUT2D eigenvalue weighted by atomic mass is 10.1. The first-order chi connectivity index (χ1) is 10.9. The van der Waals surface area contributed by atoms with Gasteiger partial charge in [0.2, 0.25) is 0 Å². The Hall–Kier alpha value is -1.77. The molecule has 0 atom stereocenters. The zero-order valence-corrected chi connectivity index (χ0v) is 14.6. The molecular weight excluding hydrogens is 394 g/mol. The average Bonchev–Trinajstić information content (AvgIpc) is 2.55. The molecule has 2 rings (SSSR count). The van der Waals surface area contributed by atoms with E-state index in [9.17, 15) is 14.7 Å². The van der Waals surface area contributed by atoms with Gasteiger partial charge in [-0.1, -0.05) is 11.6 Å². The van der Waals surface area contributed by atoms with Crippen molar-refractivity contribution >= 4 is 45.2 Å². The second-order valence-corrected chi connectivity index (χ2v) is 5.76. The van der Waals surface area contributed by atoms with Crippen LogP contribution in [0.15, 0.2) is 27.9 Å². The van der Waals surface area contributed by atoms with Gasteiger partial charge in [0.25, 0.3) is 0 Å². The van der Waals surface area contributed by atoms with Crippen LogP contribution >= 0.6 is 27.5 Å². The summed E-state index contributed by atoms with van der Waals surface area (Å²) in [6, 6.07) is 2.93. The first kappa shape index (κ1) is 17.6. The van der Waals surface area contributed by atoms with Crippen molar-refractivity contribution in [3.63, 3.8) is 0 Å². The standard InChI is InChI=1S/C14H13BrClNO6/c1-21-13(19)8-5-23-6-17(11(8)14(20)22-2)10-4-7(16)3-9(15)12(10)18/h3-4,18H,5-6H2,1-2H3. The smallest absolute Gasteiger partial charge is 0.355 e. The number of hydrogen-bond donors (Lipinski definition) is 1. The fraction of sp³-hybridized carbons (Fsp3) is 0.286. The minimum Gasteiger partial charge on any atom is -0.505 e. The van der Waals surface area contributed by atoms with Crippen molar-refractivity contribution in [1.82, 2.24) is 0 Å². The summed E-state index contributed by atoms with van der Waals surface area (Å²) in [7, 11) is 2.38. The summed E-state index contributed by atoms with van der Waals surface area (Å²) in [4.78, 5) is 25.4. The van der Waals surface area contributed by atoms with Crippen molar-refractivity contribution in [2.75, 3.05) is 32.5 Å². The van der Waals surface area contributed by atoms with Crippen LogP contribution < -0.4 is 4.90 Å². The zero-order chi connectivity index (χ0) is 17.1. The van der Waals surface area contributed by atoms with Gasteiger partial charge in [-0.2, -0.15) is 0 Å². The molecule has 0 amide bonds. The number of benzene rings is 1. The number of nitrogens with zero attached hydrogens (tertiary/aromatic N) is 1. The molecule has 1 aliphatic rings. The fourth-order valence-corrected chi connectivity index (χ4v) is 2.89. The Morgan fingerprint density at radius 2 is 1.96 bits per heavy atom. The lowest BCUT2D eigenvalue weighted by Crippen LogP contribution is -2.38. The van der Waals surface area contributed by atoms with Gasteiger partial charge in [0.15, 0.2) is 5.75 Å². The van der Waals surface area contributed by atoms with Gasteiger partial charge in [-0.05, 0) is 28.1 Å². The third-order valence-electron chi connectivity index (χ3n) is 3.13. The van der Waals surface area contributed by atoms with E-state index >= 15 is 0 Å². The predicted octanol–water partition coefficient (Wildman–Crippen LogP) is 2.20. The van der Waals surface area contributed by atoms with E-state index < -0.39 is 11.9 Å². The van der Waals surface area contributed by atoms with Crippen LogP contribution in [0.3, 0.4) is 0 Å². The van der Waals surface area contributed by atoms with Gasteiger partial charge in [0.1, 0.15) is 12.4 Å². The number of phenolic OH excluding ortho intramolecular Hbond substituents is 1. The number of aromatic hydroxyl groups is 1. The molecule has 0 aliphatic carbocycles. The molecular formula is C14H13BrClNO6. The van der Waals surface area contributed by atoms with E-state index in [1.165, 1.54) is 31.3 Å². The number of esters is 2. The molecule has 7 nitrogen and oxygen atoms in total. The number of hydrogen-bond acceptors (Lipinski definition) is 7. The third kappa shape index (κ3) is 3.44. The van der Waals surface area contributed by atoms with E-state index in [-0.39, 0.29) is 36.0 Å². The van der Waals surface area contributed by atoms with Crippen molar-refractivity contribution in [3.8, 4) is 5.75 Å². The van der Waals surface area contributed by atoms with E-state index in [4.69, 9.17) is 21.1 Å². The molecule has 1 aromatic rings. The average molecular weight is 407 g/mol. The number of rotatable bonds is 3. The van der Waals surface area contributed by atoms with E-state index in [1.807, 2.05) is 0 Å². The van der Waals surface area contributed by atoms with Crippen molar-refractivity contribution in [1.29, 1.82) is 0 Å². The SMILES string of the molecule is COC(=O)C1=C(C(=O)OC)N(c2cc(Cl)cc(Br)c2O)COC1. The van der Waals surface area contributed by atoms with Crippen molar-refractivity contribution < 1.29 is 28.9 Å². The molecule has 0 fully saturated rings. The fourth-order valence-electron chi connectivity index (χ4n) is 2.09. The summed E-state index contributed by atoms with van der Waals surface area (Å²) in [5.41, 5.74) is 0.0991. The Kier molecular flexibility index (Phi) is 5.51. The van der Waals surface area contributed by atoms with E-state index in [2.05, 4.69) is 20.7 Å². The van der Waals surface area contributed by atoms with Crippen molar-refractivity contribution in [2.24, 2.45) is 0 Å². The topological polar surface area (TPSA) is 85.3 Å². The first-order valence-corrected chi connectivity index (χ1v) is 7.50. The zero-order valence-electron chi connectivity index (χ0n) is 12.3. The largest absolute Gasteiger partial charge is 0.505 e. The maximum Gasteiger partial charge on any atom is 0.355 e. The number of ether oxygens (including phenoxy) is 3. The molecule has 0 bridgehead atoms. The van der Waals surface area contributed by atoms with Crippen LogP contribution in [-0.2, 0) is 23.8 Å². The third-order valence-corrected chi connectivity index (χ3v) is 3.95. The van der Waals surface area contributed by atoms with Gasteiger partial charge >= 0.3 is 11.9 Å². The number of carbonyl (C=O) groups is 2. The van der Waals surface area contributed by atoms with E-state index in [0.717, 1.165) is 0 Å². The Bertz CT molecular complexity index is 690. The van der Waals surface area contributed by atoms with Crippen LogP contribution in [0.25, 0.3) is 0 Å². The molecule has 1 aromatic carbocycles. The summed E-state index contributed by atoms with van der Waals surface area (Å²) in [6.07, 6.45) is 0. The molecule has 0 saturated carbocycles. The molecule has 23 heavy (non-hydrogen) atoms. The van der Waals surface area contributed by atoms with Gasteiger partial charge in [0.05, 0.1) is 36.6 Å². The second kappa shape index (κ2) is 7.20. The normalized spacial score (nSPS) is 14.7. The highest BCUT2D eigenvalue weighted by Crippen LogP contribution is 2.40. The van der Waals surface area contributed by atoms with Crippen LogP contribution in [0.1, 0.15) is 0 Å². The summed E-state index contributed by atoms with van der Waals surface area (Å²) in [6.45, 7) is -0.193. The maximum atomic E-state index is 12.2. The Morgan fingerprint density at radius 1 is 1.30 bits per heavy atom. The van der Waals surface area contributed by atoms with Gasteiger partial charge in [0, 0.05) is 5.02 Å². The predicted molar refractivity (Wildman–Crippen MR) is 85.2 cm³/mol. The maximum absolute atomic E-state index is 12.2. The molecule has 0 saturated heterocycles. The summed E-state index contributed by atoms with van der Waals surface area (Å²) in [5.74, 6) is -1.65. The second-order valence-electron chi connectivity index (χ2n) is 4.47. The Labute approximate surface area is 145 Å². The van der Waals surface area contributed by atoms with E-state index in [1.54, 1.807) is 0 Å².